The van der Waals surface area contributed by atoms with Crippen LogP contribution in [0.4, 0.5) is 5.69 Å². The van der Waals surface area contributed by atoms with Gasteiger partial charge in [-0.25, -0.2) is 4.68 Å². The van der Waals surface area contributed by atoms with Gasteiger partial charge in [-0.3, -0.25) is 4.79 Å². The van der Waals surface area contributed by atoms with Crippen LogP contribution in [0.2, 0.25) is 5.02 Å². The molecule has 0 aliphatic carbocycles. The first-order chi connectivity index (χ1) is 9.45. The minimum atomic E-state index is -0.242. The van der Waals surface area contributed by atoms with E-state index in [1.165, 1.54) is 4.68 Å². The maximum absolute atomic E-state index is 12.1. The van der Waals surface area contributed by atoms with E-state index in [0.29, 0.717) is 12.2 Å². The van der Waals surface area contributed by atoms with Gasteiger partial charge in [0.05, 0.1) is 18.4 Å². The molecule has 0 saturated carbocycles. The minimum Gasteiger partial charge on any atom is -0.379 e. The third kappa shape index (κ3) is 5.34. The van der Waals surface area contributed by atoms with Crippen molar-refractivity contribution >= 4 is 29.1 Å². The molecule has 1 atom stereocenters. The first-order valence-corrected chi connectivity index (χ1v) is 8.23. The third-order valence-electron chi connectivity index (χ3n) is 2.72. The number of hydrogen-bond donors (Lipinski definition) is 1. The van der Waals surface area contributed by atoms with Gasteiger partial charge in [0, 0.05) is 18.3 Å². The summed E-state index contributed by atoms with van der Waals surface area (Å²) in [5.41, 5.74) is 0.371. The van der Waals surface area contributed by atoms with Gasteiger partial charge in [-0.15, -0.1) is 0 Å². The second-order valence-electron chi connectivity index (χ2n) is 4.91. The van der Waals surface area contributed by atoms with Crippen molar-refractivity contribution in [1.29, 1.82) is 0 Å². The highest BCUT2D eigenvalue weighted by Gasteiger charge is 2.11. The summed E-state index contributed by atoms with van der Waals surface area (Å²) >= 11 is 7.98. The van der Waals surface area contributed by atoms with E-state index in [1.807, 2.05) is 30.8 Å². The maximum atomic E-state index is 12.1. The number of rotatable bonds is 8. The molecule has 0 aliphatic heterocycles. The summed E-state index contributed by atoms with van der Waals surface area (Å²) in [5.74, 6) is 2.04. The van der Waals surface area contributed by atoms with Crippen LogP contribution in [0.5, 0.6) is 0 Å². The Morgan fingerprint density at radius 2 is 2.25 bits per heavy atom. The highest BCUT2D eigenvalue weighted by Crippen LogP contribution is 2.17. The molecule has 20 heavy (non-hydrogen) atoms. The van der Waals surface area contributed by atoms with Crippen molar-refractivity contribution in [3.05, 3.63) is 21.6 Å². The first-order valence-electron chi connectivity index (χ1n) is 6.70. The number of nitrogens with zero attached hydrogens (tertiary/aromatic N) is 3. The van der Waals surface area contributed by atoms with E-state index in [0.717, 1.165) is 18.1 Å². The van der Waals surface area contributed by atoms with Gasteiger partial charge in [0.15, 0.2) is 0 Å². The largest absolute Gasteiger partial charge is 0.379 e. The molecule has 0 amide bonds. The SMILES string of the molecule is CCSCC(C)Nc1cnn(CCN(C)C)c(=O)c1Cl. The molecular formula is C13H23ClN4OS. The van der Waals surface area contributed by atoms with Crippen LogP contribution in [-0.4, -0.2) is 52.9 Å². The maximum Gasteiger partial charge on any atom is 0.287 e. The molecule has 114 valence electrons. The molecule has 1 aromatic heterocycles. The topological polar surface area (TPSA) is 50.2 Å². The lowest BCUT2D eigenvalue weighted by Gasteiger charge is -2.16. The third-order valence-corrected chi connectivity index (χ3v) is 4.23. The van der Waals surface area contributed by atoms with Crippen molar-refractivity contribution < 1.29 is 0 Å². The second kappa shape index (κ2) is 8.54. The van der Waals surface area contributed by atoms with E-state index in [4.69, 9.17) is 11.6 Å². The number of aromatic nitrogens is 2. The molecule has 0 radical (unpaired) electrons. The number of nitrogens with one attached hydrogen (secondary N) is 1. The van der Waals surface area contributed by atoms with Crippen molar-refractivity contribution in [3.8, 4) is 0 Å². The predicted molar refractivity (Wildman–Crippen MR) is 88.1 cm³/mol. The Morgan fingerprint density at radius 1 is 1.55 bits per heavy atom. The van der Waals surface area contributed by atoms with E-state index >= 15 is 0 Å². The molecule has 0 saturated heterocycles. The zero-order valence-corrected chi connectivity index (χ0v) is 14.1. The van der Waals surface area contributed by atoms with Crippen molar-refractivity contribution in [3.63, 3.8) is 0 Å². The fourth-order valence-electron chi connectivity index (χ4n) is 1.62. The summed E-state index contributed by atoms with van der Waals surface area (Å²) in [4.78, 5) is 14.1. The summed E-state index contributed by atoms with van der Waals surface area (Å²) in [5, 5.41) is 7.62. The Kier molecular flexibility index (Phi) is 7.40. The molecule has 0 aromatic carbocycles. The fraction of sp³-hybridized carbons (Fsp3) is 0.692. The van der Waals surface area contributed by atoms with Crippen LogP contribution in [-0.2, 0) is 6.54 Å². The van der Waals surface area contributed by atoms with Crippen molar-refractivity contribution in [2.24, 2.45) is 0 Å². The Morgan fingerprint density at radius 3 is 2.85 bits per heavy atom. The number of halogens is 1. The van der Waals surface area contributed by atoms with Crippen LogP contribution in [0.1, 0.15) is 13.8 Å². The van der Waals surface area contributed by atoms with E-state index in [-0.39, 0.29) is 16.6 Å². The van der Waals surface area contributed by atoms with Crippen LogP contribution in [0, 0.1) is 0 Å². The van der Waals surface area contributed by atoms with Crippen molar-refractivity contribution in [2.75, 3.05) is 37.5 Å². The monoisotopic (exact) mass is 318 g/mol. The lowest BCUT2D eigenvalue weighted by Crippen LogP contribution is -2.30. The number of hydrogen-bond acceptors (Lipinski definition) is 5. The molecule has 0 fully saturated rings. The molecular weight excluding hydrogens is 296 g/mol. The van der Waals surface area contributed by atoms with Crippen molar-refractivity contribution in [2.45, 2.75) is 26.4 Å². The summed E-state index contributed by atoms with van der Waals surface area (Å²) in [7, 11) is 3.91. The predicted octanol–water partition coefficient (Wildman–Crippen LogP) is 2.01. The molecule has 1 unspecified atom stereocenters. The zero-order valence-electron chi connectivity index (χ0n) is 12.5. The van der Waals surface area contributed by atoms with Crippen molar-refractivity contribution in [1.82, 2.24) is 14.7 Å². The number of likely N-dealkylation sites (N-methyl/N-ethyl adjacent to an activating group) is 1. The standard InChI is InChI=1S/C13H23ClN4OS/c1-5-20-9-10(2)16-11-8-15-18(7-6-17(3)4)13(19)12(11)14/h8,10,16H,5-7,9H2,1-4H3. The lowest BCUT2D eigenvalue weighted by molar-refractivity contribution is 0.367. The molecule has 0 bridgehead atoms. The Hall–Kier alpha value is -0.720. The molecule has 1 aromatic rings. The summed E-state index contributed by atoms with van der Waals surface area (Å²) in [6.07, 6.45) is 1.63. The second-order valence-corrected chi connectivity index (χ2v) is 6.61. The van der Waals surface area contributed by atoms with Gasteiger partial charge in [0.25, 0.3) is 5.56 Å². The molecule has 0 spiro atoms. The Balaban J connectivity index is 2.75. The summed E-state index contributed by atoms with van der Waals surface area (Å²) < 4.78 is 1.40. The van der Waals surface area contributed by atoms with Gasteiger partial charge in [-0.2, -0.15) is 16.9 Å². The van der Waals surface area contributed by atoms with Crippen LogP contribution in [0.3, 0.4) is 0 Å². The number of anilines is 1. The highest BCUT2D eigenvalue weighted by atomic mass is 35.5. The summed E-state index contributed by atoms with van der Waals surface area (Å²) in [6.45, 7) is 5.47. The van der Waals surface area contributed by atoms with Crippen LogP contribution in [0.25, 0.3) is 0 Å². The normalized spacial score (nSPS) is 12.7. The smallest absolute Gasteiger partial charge is 0.287 e. The average molecular weight is 319 g/mol. The van der Waals surface area contributed by atoms with Gasteiger partial charge >= 0.3 is 0 Å². The van der Waals surface area contributed by atoms with Gasteiger partial charge in [0.2, 0.25) is 0 Å². The van der Waals surface area contributed by atoms with Crippen LogP contribution < -0.4 is 10.9 Å². The van der Waals surface area contributed by atoms with Gasteiger partial charge in [-0.05, 0) is 26.8 Å². The van der Waals surface area contributed by atoms with Gasteiger partial charge in [-0.1, -0.05) is 18.5 Å². The molecule has 7 heteroatoms. The van der Waals surface area contributed by atoms with E-state index in [2.05, 4.69) is 24.3 Å². The molecule has 1 N–H and O–H groups in total. The van der Waals surface area contributed by atoms with Gasteiger partial charge < -0.3 is 10.2 Å². The molecule has 1 rings (SSSR count). The highest BCUT2D eigenvalue weighted by molar-refractivity contribution is 7.99. The zero-order chi connectivity index (χ0) is 15.1. The minimum absolute atomic E-state index is 0.215. The quantitative estimate of drug-likeness (QED) is 0.794. The van der Waals surface area contributed by atoms with Crippen LogP contribution >= 0.6 is 23.4 Å². The van der Waals surface area contributed by atoms with E-state index in [1.54, 1.807) is 6.20 Å². The average Bonchev–Trinajstić information content (AvgIpc) is 2.40. The van der Waals surface area contributed by atoms with Crippen LogP contribution in [0.15, 0.2) is 11.0 Å². The first kappa shape index (κ1) is 17.3. The lowest BCUT2D eigenvalue weighted by atomic mass is 10.3. The van der Waals surface area contributed by atoms with Gasteiger partial charge in [0.1, 0.15) is 5.02 Å². The Labute approximate surface area is 129 Å². The number of thioether (sulfide) groups is 1. The van der Waals surface area contributed by atoms with E-state index < -0.39 is 0 Å². The molecule has 5 nitrogen and oxygen atoms in total. The Bertz CT molecular complexity index is 478. The summed E-state index contributed by atoms with van der Waals surface area (Å²) in [6, 6.07) is 0.247. The molecule has 0 aliphatic rings. The van der Waals surface area contributed by atoms with E-state index in [9.17, 15) is 4.79 Å². The molecule has 1 heterocycles. The fourth-order valence-corrected chi connectivity index (χ4v) is 2.49.